The first-order valence-electron chi connectivity index (χ1n) is 11.2. The van der Waals surface area contributed by atoms with E-state index in [-0.39, 0.29) is 11.8 Å². The fourth-order valence-electron chi connectivity index (χ4n) is 4.01. The van der Waals surface area contributed by atoms with Crippen molar-refractivity contribution in [3.8, 4) is 5.75 Å². The SMILES string of the molecule is CCCOc1ccccc1Nc1nc(Nc2ccc(C3CCCC3)cc2)ncc1C(F)(F)F. The van der Waals surface area contributed by atoms with Gasteiger partial charge >= 0.3 is 6.18 Å². The monoisotopic (exact) mass is 456 g/mol. The summed E-state index contributed by atoms with van der Waals surface area (Å²) in [5.41, 5.74) is 1.46. The minimum Gasteiger partial charge on any atom is -0.491 e. The van der Waals surface area contributed by atoms with Crippen LogP contribution in [0.1, 0.15) is 56.1 Å². The number of hydrogen-bond donors (Lipinski definition) is 2. The van der Waals surface area contributed by atoms with Gasteiger partial charge in [0, 0.05) is 11.9 Å². The molecular formula is C25H27F3N4O. The van der Waals surface area contributed by atoms with Gasteiger partial charge in [0.15, 0.2) is 0 Å². The van der Waals surface area contributed by atoms with Crippen LogP contribution in [0.2, 0.25) is 0 Å². The van der Waals surface area contributed by atoms with E-state index in [2.05, 4.69) is 32.7 Å². The average Bonchev–Trinajstić information content (AvgIpc) is 3.33. The molecule has 1 aromatic heterocycles. The lowest BCUT2D eigenvalue weighted by atomic mass is 9.98. The number of hydrogen-bond acceptors (Lipinski definition) is 5. The highest BCUT2D eigenvalue weighted by Crippen LogP contribution is 2.37. The molecule has 1 heterocycles. The molecule has 174 valence electrons. The molecule has 1 saturated carbocycles. The summed E-state index contributed by atoms with van der Waals surface area (Å²) in [6, 6.07) is 14.8. The minimum atomic E-state index is -4.61. The molecule has 0 atom stereocenters. The molecule has 0 aliphatic heterocycles. The lowest BCUT2D eigenvalue weighted by Crippen LogP contribution is -2.13. The first-order valence-corrected chi connectivity index (χ1v) is 11.2. The van der Waals surface area contributed by atoms with E-state index in [1.165, 1.54) is 31.2 Å². The van der Waals surface area contributed by atoms with E-state index in [1.807, 2.05) is 19.1 Å². The van der Waals surface area contributed by atoms with Crippen molar-refractivity contribution in [2.75, 3.05) is 17.2 Å². The van der Waals surface area contributed by atoms with Crippen LogP contribution in [0, 0.1) is 0 Å². The number of para-hydroxylation sites is 2. The predicted octanol–water partition coefficient (Wildman–Crippen LogP) is 7.43. The molecule has 0 unspecified atom stereocenters. The van der Waals surface area contributed by atoms with Crippen LogP contribution in [0.15, 0.2) is 54.7 Å². The van der Waals surface area contributed by atoms with Crippen LogP contribution in [0.3, 0.4) is 0 Å². The van der Waals surface area contributed by atoms with Gasteiger partial charge in [-0.2, -0.15) is 18.2 Å². The lowest BCUT2D eigenvalue weighted by molar-refractivity contribution is -0.137. The van der Waals surface area contributed by atoms with Crippen LogP contribution in [-0.4, -0.2) is 16.6 Å². The fraction of sp³-hybridized carbons (Fsp3) is 0.360. The van der Waals surface area contributed by atoms with E-state index in [4.69, 9.17) is 4.74 Å². The van der Waals surface area contributed by atoms with Crippen LogP contribution in [-0.2, 0) is 6.18 Å². The molecule has 0 spiro atoms. The van der Waals surface area contributed by atoms with E-state index in [0.717, 1.165) is 12.6 Å². The average molecular weight is 457 g/mol. The second-order valence-corrected chi connectivity index (χ2v) is 8.15. The normalized spacial score (nSPS) is 14.3. The fourth-order valence-corrected chi connectivity index (χ4v) is 4.01. The first kappa shape index (κ1) is 22.9. The molecule has 2 aromatic carbocycles. The van der Waals surface area contributed by atoms with E-state index >= 15 is 0 Å². The number of rotatable bonds is 8. The highest BCUT2D eigenvalue weighted by Gasteiger charge is 2.35. The third kappa shape index (κ3) is 5.74. The second kappa shape index (κ2) is 10.1. The summed E-state index contributed by atoms with van der Waals surface area (Å²) >= 11 is 0. The highest BCUT2D eigenvalue weighted by atomic mass is 19.4. The second-order valence-electron chi connectivity index (χ2n) is 8.15. The summed E-state index contributed by atoms with van der Waals surface area (Å²) in [6.07, 6.45) is 1.88. The summed E-state index contributed by atoms with van der Waals surface area (Å²) in [5, 5.41) is 5.81. The van der Waals surface area contributed by atoms with Gasteiger partial charge in [0.25, 0.3) is 0 Å². The molecule has 3 aromatic rings. The van der Waals surface area contributed by atoms with Gasteiger partial charge in [-0.1, -0.05) is 44.0 Å². The number of nitrogens with one attached hydrogen (secondary N) is 2. The number of alkyl halides is 3. The van der Waals surface area contributed by atoms with Gasteiger partial charge in [-0.25, -0.2) is 4.98 Å². The molecule has 1 fully saturated rings. The number of anilines is 4. The summed E-state index contributed by atoms with van der Waals surface area (Å²) < 4.78 is 46.6. The van der Waals surface area contributed by atoms with Gasteiger partial charge in [0.2, 0.25) is 5.95 Å². The van der Waals surface area contributed by atoms with Crippen molar-refractivity contribution < 1.29 is 17.9 Å². The van der Waals surface area contributed by atoms with Crippen molar-refractivity contribution in [3.63, 3.8) is 0 Å². The molecule has 0 amide bonds. The number of benzene rings is 2. The minimum absolute atomic E-state index is 0.0751. The lowest BCUT2D eigenvalue weighted by Gasteiger charge is -2.17. The Morgan fingerprint density at radius 2 is 1.73 bits per heavy atom. The topological polar surface area (TPSA) is 59.1 Å². The van der Waals surface area contributed by atoms with E-state index in [9.17, 15) is 13.2 Å². The smallest absolute Gasteiger partial charge is 0.421 e. The Morgan fingerprint density at radius 3 is 2.42 bits per heavy atom. The zero-order valence-corrected chi connectivity index (χ0v) is 18.5. The van der Waals surface area contributed by atoms with E-state index in [0.29, 0.717) is 29.6 Å². The van der Waals surface area contributed by atoms with E-state index in [1.54, 1.807) is 24.3 Å². The van der Waals surface area contributed by atoms with Crippen LogP contribution in [0.5, 0.6) is 5.75 Å². The van der Waals surface area contributed by atoms with Gasteiger partial charge in [-0.3, -0.25) is 0 Å². The van der Waals surface area contributed by atoms with Crippen LogP contribution >= 0.6 is 0 Å². The summed E-state index contributed by atoms with van der Waals surface area (Å²) in [7, 11) is 0. The molecule has 1 aliphatic carbocycles. The number of nitrogens with zero attached hydrogens (tertiary/aromatic N) is 2. The molecule has 0 saturated heterocycles. The highest BCUT2D eigenvalue weighted by molar-refractivity contribution is 5.67. The predicted molar refractivity (Wildman–Crippen MR) is 123 cm³/mol. The molecular weight excluding hydrogens is 429 g/mol. The Morgan fingerprint density at radius 1 is 1.00 bits per heavy atom. The molecule has 4 rings (SSSR count). The zero-order chi connectivity index (χ0) is 23.3. The Balaban J connectivity index is 1.58. The molecule has 1 aliphatic rings. The van der Waals surface area contributed by atoms with Gasteiger partial charge in [-0.05, 0) is 55.0 Å². The van der Waals surface area contributed by atoms with Crippen molar-refractivity contribution in [1.29, 1.82) is 0 Å². The van der Waals surface area contributed by atoms with Crippen LogP contribution < -0.4 is 15.4 Å². The maximum Gasteiger partial charge on any atom is 0.421 e. The van der Waals surface area contributed by atoms with Crippen molar-refractivity contribution in [1.82, 2.24) is 9.97 Å². The van der Waals surface area contributed by atoms with Gasteiger partial charge in [0.05, 0.1) is 12.3 Å². The standard InChI is InChI=1S/C25H27F3N4O/c1-2-15-33-22-10-6-5-9-21(22)31-23-20(25(26,27)28)16-29-24(32-23)30-19-13-11-18(12-14-19)17-7-3-4-8-17/h5-6,9-14,16-17H,2-4,7-8,15H2,1H3,(H2,29,30,31,32). The Labute approximate surface area is 191 Å². The molecule has 8 heteroatoms. The zero-order valence-electron chi connectivity index (χ0n) is 18.5. The molecule has 5 nitrogen and oxygen atoms in total. The Bertz CT molecular complexity index is 1060. The third-order valence-corrected chi connectivity index (χ3v) is 5.69. The molecule has 2 N–H and O–H groups in total. The summed E-state index contributed by atoms with van der Waals surface area (Å²) in [5.74, 6) is 0.788. The molecule has 0 bridgehead atoms. The first-order chi connectivity index (χ1) is 15.9. The largest absolute Gasteiger partial charge is 0.491 e. The maximum atomic E-state index is 13.6. The van der Waals surface area contributed by atoms with Gasteiger partial charge in [-0.15, -0.1) is 0 Å². The molecule has 33 heavy (non-hydrogen) atoms. The van der Waals surface area contributed by atoms with E-state index < -0.39 is 11.7 Å². The van der Waals surface area contributed by atoms with Crippen molar-refractivity contribution in [2.45, 2.75) is 51.1 Å². The van der Waals surface area contributed by atoms with Crippen molar-refractivity contribution in [2.24, 2.45) is 0 Å². The summed E-state index contributed by atoms with van der Waals surface area (Å²) in [4.78, 5) is 8.04. The number of aromatic nitrogens is 2. The Hall–Kier alpha value is -3.29. The van der Waals surface area contributed by atoms with Gasteiger partial charge in [0.1, 0.15) is 17.1 Å². The Kier molecular flexibility index (Phi) is 7.01. The van der Waals surface area contributed by atoms with Crippen LogP contribution in [0.25, 0.3) is 0 Å². The quantitative estimate of drug-likeness (QED) is 0.369. The molecule has 0 radical (unpaired) electrons. The van der Waals surface area contributed by atoms with Crippen molar-refractivity contribution in [3.05, 3.63) is 65.9 Å². The van der Waals surface area contributed by atoms with Crippen LogP contribution in [0.4, 0.5) is 36.3 Å². The number of halogens is 3. The maximum absolute atomic E-state index is 13.6. The third-order valence-electron chi connectivity index (χ3n) is 5.69. The van der Waals surface area contributed by atoms with Gasteiger partial charge < -0.3 is 15.4 Å². The number of ether oxygens (including phenoxy) is 1. The van der Waals surface area contributed by atoms with Crippen molar-refractivity contribution >= 4 is 23.1 Å². The summed E-state index contributed by atoms with van der Waals surface area (Å²) in [6.45, 7) is 2.42.